The molecule has 2 aromatic rings. The van der Waals surface area contributed by atoms with Crippen LogP contribution in [0.1, 0.15) is 11.4 Å². The summed E-state index contributed by atoms with van der Waals surface area (Å²) in [5.74, 6) is 0.525. The van der Waals surface area contributed by atoms with Crippen molar-refractivity contribution in [3.05, 3.63) is 48.0 Å². The summed E-state index contributed by atoms with van der Waals surface area (Å²) in [6.07, 6.45) is -1.37. The first-order valence-electron chi connectivity index (χ1n) is 4.66. The van der Waals surface area contributed by atoms with Crippen LogP contribution in [0.5, 0.6) is 0 Å². The van der Waals surface area contributed by atoms with E-state index in [4.69, 9.17) is 0 Å². The Kier molecular flexibility index (Phi) is 2.46. The van der Waals surface area contributed by atoms with Gasteiger partial charge >= 0.3 is 6.18 Å². The van der Waals surface area contributed by atoms with Crippen LogP contribution in [0.2, 0.25) is 0 Å². The third-order valence-electron chi connectivity index (χ3n) is 2.29. The van der Waals surface area contributed by atoms with Crippen LogP contribution in [0.25, 0.3) is 5.69 Å². The highest BCUT2D eigenvalue weighted by Gasteiger charge is 2.33. The molecule has 1 heterocycles. The summed E-state index contributed by atoms with van der Waals surface area (Å²) in [6.45, 7) is 1.66. The Balaban J connectivity index is 2.62. The van der Waals surface area contributed by atoms with Gasteiger partial charge in [0, 0.05) is 12.4 Å². The van der Waals surface area contributed by atoms with Crippen molar-refractivity contribution in [1.29, 1.82) is 0 Å². The van der Waals surface area contributed by atoms with Gasteiger partial charge in [0.2, 0.25) is 0 Å². The minimum absolute atomic E-state index is 0.102. The largest absolute Gasteiger partial charge is 0.418 e. The van der Waals surface area contributed by atoms with Crippen LogP contribution in [-0.4, -0.2) is 9.55 Å². The third kappa shape index (κ3) is 1.80. The van der Waals surface area contributed by atoms with E-state index in [9.17, 15) is 13.2 Å². The van der Waals surface area contributed by atoms with E-state index in [-0.39, 0.29) is 5.69 Å². The summed E-state index contributed by atoms with van der Waals surface area (Å²) < 4.78 is 39.6. The lowest BCUT2D eigenvalue weighted by molar-refractivity contribution is -0.137. The van der Waals surface area contributed by atoms with E-state index in [1.165, 1.54) is 29.1 Å². The first-order chi connectivity index (χ1) is 7.50. The van der Waals surface area contributed by atoms with Gasteiger partial charge < -0.3 is 4.57 Å². The van der Waals surface area contributed by atoms with Gasteiger partial charge in [-0.25, -0.2) is 4.98 Å². The van der Waals surface area contributed by atoms with Gasteiger partial charge in [-0.2, -0.15) is 13.2 Å². The second-order valence-corrected chi connectivity index (χ2v) is 3.36. The van der Waals surface area contributed by atoms with E-state index >= 15 is 0 Å². The number of rotatable bonds is 1. The highest BCUT2D eigenvalue weighted by atomic mass is 19.4. The third-order valence-corrected chi connectivity index (χ3v) is 2.29. The van der Waals surface area contributed by atoms with Crippen molar-refractivity contribution in [2.45, 2.75) is 13.1 Å². The molecular weight excluding hydrogens is 217 g/mol. The van der Waals surface area contributed by atoms with Crippen molar-refractivity contribution in [3.8, 4) is 5.69 Å². The molecule has 0 bridgehead atoms. The number of imidazole rings is 1. The van der Waals surface area contributed by atoms with E-state index in [2.05, 4.69) is 4.98 Å². The molecule has 1 aromatic carbocycles. The fourth-order valence-corrected chi connectivity index (χ4v) is 1.56. The maximum absolute atomic E-state index is 12.7. The van der Waals surface area contributed by atoms with Crippen LogP contribution < -0.4 is 0 Å². The fraction of sp³-hybridized carbons (Fsp3) is 0.182. The smallest absolute Gasteiger partial charge is 0.303 e. The zero-order valence-electron chi connectivity index (χ0n) is 8.49. The molecule has 16 heavy (non-hydrogen) atoms. The highest BCUT2D eigenvalue weighted by molar-refractivity contribution is 5.43. The van der Waals surface area contributed by atoms with Crippen molar-refractivity contribution in [2.24, 2.45) is 0 Å². The maximum Gasteiger partial charge on any atom is 0.418 e. The molecule has 84 valence electrons. The molecule has 0 aliphatic heterocycles. The summed E-state index contributed by atoms with van der Waals surface area (Å²) in [4.78, 5) is 3.91. The summed E-state index contributed by atoms with van der Waals surface area (Å²) in [5.41, 5.74) is -0.555. The summed E-state index contributed by atoms with van der Waals surface area (Å²) in [6, 6.07) is 5.44. The van der Waals surface area contributed by atoms with E-state index in [1.54, 1.807) is 13.0 Å². The molecule has 2 rings (SSSR count). The van der Waals surface area contributed by atoms with Crippen LogP contribution in [0.4, 0.5) is 13.2 Å². The molecule has 1 aromatic heterocycles. The Hall–Kier alpha value is -1.78. The second-order valence-electron chi connectivity index (χ2n) is 3.36. The molecule has 0 N–H and O–H groups in total. The van der Waals surface area contributed by atoms with Crippen molar-refractivity contribution < 1.29 is 13.2 Å². The van der Waals surface area contributed by atoms with Crippen molar-refractivity contribution in [3.63, 3.8) is 0 Å². The number of benzene rings is 1. The minimum Gasteiger partial charge on any atom is -0.303 e. The Morgan fingerprint density at radius 2 is 1.88 bits per heavy atom. The molecule has 0 atom stereocenters. The van der Waals surface area contributed by atoms with Crippen LogP contribution in [0.15, 0.2) is 36.7 Å². The van der Waals surface area contributed by atoms with Crippen LogP contribution in [-0.2, 0) is 6.18 Å². The monoisotopic (exact) mass is 226 g/mol. The number of nitrogens with zero attached hydrogens (tertiary/aromatic N) is 2. The molecule has 0 amide bonds. The zero-order valence-corrected chi connectivity index (χ0v) is 8.49. The Labute approximate surface area is 90.4 Å². The summed E-state index contributed by atoms with van der Waals surface area (Å²) >= 11 is 0. The average molecular weight is 226 g/mol. The van der Waals surface area contributed by atoms with E-state index in [0.717, 1.165) is 6.07 Å². The number of hydrogen-bond acceptors (Lipinski definition) is 1. The maximum atomic E-state index is 12.7. The molecule has 0 saturated heterocycles. The number of halogens is 3. The van der Waals surface area contributed by atoms with E-state index in [1.807, 2.05) is 0 Å². The predicted octanol–water partition coefficient (Wildman–Crippen LogP) is 3.20. The predicted molar refractivity (Wildman–Crippen MR) is 53.3 cm³/mol. The van der Waals surface area contributed by atoms with Gasteiger partial charge in [0.25, 0.3) is 0 Å². The Morgan fingerprint density at radius 3 is 2.44 bits per heavy atom. The standard InChI is InChI=1S/C11H9F3N2/c1-8-15-6-7-16(8)10-5-3-2-4-9(10)11(12,13)14/h2-7H,1H3. The molecule has 2 nitrogen and oxygen atoms in total. The number of alkyl halides is 3. The average Bonchev–Trinajstić information content (AvgIpc) is 2.63. The number of hydrogen-bond donors (Lipinski definition) is 0. The normalized spacial score (nSPS) is 11.8. The molecule has 0 aliphatic carbocycles. The lowest BCUT2D eigenvalue weighted by atomic mass is 10.1. The Morgan fingerprint density at radius 1 is 1.19 bits per heavy atom. The lowest BCUT2D eigenvalue weighted by Gasteiger charge is -2.13. The summed E-state index contributed by atoms with van der Waals surface area (Å²) in [5, 5.41) is 0. The number of aryl methyl sites for hydroxylation is 1. The van der Waals surface area contributed by atoms with Crippen molar-refractivity contribution >= 4 is 0 Å². The van der Waals surface area contributed by atoms with E-state index in [0.29, 0.717) is 5.82 Å². The van der Waals surface area contributed by atoms with Crippen molar-refractivity contribution in [1.82, 2.24) is 9.55 Å². The SMILES string of the molecule is Cc1nccn1-c1ccccc1C(F)(F)F. The topological polar surface area (TPSA) is 17.8 Å². The van der Waals surface area contributed by atoms with Gasteiger partial charge in [-0.3, -0.25) is 0 Å². The van der Waals surface area contributed by atoms with Gasteiger partial charge in [-0.05, 0) is 19.1 Å². The molecule has 0 saturated carbocycles. The van der Waals surface area contributed by atoms with Gasteiger partial charge in [-0.15, -0.1) is 0 Å². The molecule has 0 fully saturated rings. The Bertz CT molecular complexity index is 500. The van der Waals surface area contributed by atoms with Gasteiger partial charge in [0.15, 0.2) is 0 Å². The lowest BCUT2D eigenvalue weighted by Crippen LogP contribution is -2.10. The van der Waals surface area contributed by atoms with E-state index < -0.39 is 11.7 Å². The van der Waals surface area contributed by atoms with Crippen molar-refractivity contribution in [2.75, 3.05) is 0 Å². The first-order valence-corrected chi connectivity index (χ1v) is 4.66. The fourth-order valence-electron chi connectivity index (χ4n) is 1.56. The molecule has 0 unspecified atom stereocenters. The van der Waals surface area contributed by atoms with Crippen LogP contribution in [0.3, 0.4) is 0 Å². The van der Waals surface area contributed by atoms with Crippen LogP contribution >= 0.6 is 0 Å². The quantitative estimate of drug-likeness (QED) is 0.730. The highest BCUT2D eigenvalue weighted by Crippen LogP contribution is 2.33. The molecule has 0 spiro atoms. The van der Waals surface area contributed by atoms with Crippen LogP contribution in [0, 0.1) is 6.92 Å². The zero-order chi connectivity index (χ0) is 11.8. The second kappa shape index (κ2) is 3.66. The van der Waals surface area contributed by atoms with Gasteiger partial charge in [0.05, 0.1) is 11.3 Å². The molecule has 5 heteroatoms. The molecule has 0 aliphatic rings. The number of para-hydroxylation sites is 1. The van der Waals surface area contributed by atoms with Gasteiger partial charge in [0.1, 0.15) is 5.82 Å². The first kappa shape index (κ1) is 10.7. The number of aromatic nitrogens is 2. The van der Waals surface area contributed by atoms with Gasteiger partial charge in [-0.1, -0.05) is 12.1 Å². The molecule has 0 radical (unpaired) electrons. The summed E-state index contributed by atoms with van der Waals surface area (Å²) in [7, 11) is 0. The molecular formula is C11H9F3N2. The minimum atomic E-state index is -4.35.